The van der Waals surface area contributed by atoms with Gasteiger partial charge in [0.05, 0.1) is 18.0 Å². The highest BCUT2D eigenvalue weighted by molar-refractivity contribution is 5.97. The molecule has 0 spiro atoms. The van der Waals surface area contributed by atoms with E-state index in [1.165, 1.54) is 30.3 Å². The number of hydrogen-bond acceptors (Lipinski definition) is 5. The predicted molar refractivity (Wildman–Crippen MR) is 70.0 cm³/mol. The number of esters is 1. The van der Waals surface area contributed by atoms with Gasteiger partial charge in [0.15, 0.2) is 0 Å². The fourth-order valence-electron chi connectivity index (χ4n) is 1.46. The number of hydrogen-bond donors (Lipinski definition) is 1. The van der Waals surface area contributed by atoms with Crippen LogP contribution in [0.4, 0.5) is 5.69 Å². The summed E-state index contributed by atoms with van der Waals surface area (Å²) in [7, 11) is 0. The molecule has 20 heavy (non-hydrogen) atoms. The number of nitro benzene ring substituents is 1. The summed E-state index contributed by atoms with van der Waals surface area (Å²) >= 11 is 0. The number of carboxylic acid groups (broad SMARTS) is 1. The van der Waals surface area contributed by atoms with Crippen LogP contribution in [-0.2, 0) is 14.3 Å². The first-order valence-corrected chi connectivity index (χ1v) is 5.78. The fourth-order valence-corrected chi connectivity index (χ4v) is 1.46. The van der Waals surface area contributed by atoms with Crippen LogP contribution in [-0.4, -0.2) is 28.6 Å². The van der Waals surface area contributed by atoms with Gasteiger partial charge >= 0.3 is 11.9 Å². The second-order valence-electron chi connectivity index (χ2n) is 3.81. The van der Waals surface area contributed by atoms with Crippen molar-refractivity contribution in [2.75, 3.05) is 6.61 Å². The molecule has 1 N–H and O–H groups in total. The van der Waals surface area contributed by atoms with Crippen molar-refractivity contribution in [2.45, 2.75) is 13.3 Å². The maximum Gasteiger partial charge on any atom is 0.334 e. The number of aliphatic carboxylic acids is 1. The SMILES string of the molecule is CCOC(=O)/C(=C/c1ccc([N+](=O)[O-])cc1)CC(=O)O. The maximum atomic E-state index is 11.6. The Bertz CT molecular complexity index is 546. The zero-order valence-corrected chi connectivity index (χ0v) is 10.7. The van der Waals surface area contributed by atoms with Crippen molar-refractivity contribution >= 4 is 23.7 Å². The molecule has 0 atom stereocenters. The van der Waals surface area contributed by atoms with Crippen LogP contribution in [0.2, 0.25) is 0 Å². The van der Waals surface area contributed by atoms with Gasteiger partial charge in [0, 0.05) is 17.7 Å². The second kappa shape index (κ2) is 7.03. The number of carboxylic acids is 1. The van der Waals surface area contributed by atoms with Gasteiger partial charge in [0.25, 0.3) is 5.69 Å². The third-order valence-corrected chi connectivity index (χ3v) is 2.32. The third kappa shape index (κ3) is 4.52. The molecule has 0 aliphatic carbocycles. The molecule has 0 amide bonds. The first-order chi connectivity index (χ1) is 9.43. The Kier molecular flexibility index (Phi) is 5.40. The van der Waals surface area contributed by atoms with Gasteiger partial charge in [-0.15, -0.1) is 0 Å². The van der Waals surface area contributed by atoms with E-state index in [1.54, 1.807) is 6.92 Å². The van der Waals surface area contributed by atoms with Crippen LogP contribution in [0.25, 0.3) is 6.08 Å². The highest BCUT2D eigenvalue weighted by atomic mass is 16.6. The number of nitrogens with zero attached hydrogens (tertiary/aromatic N) is 1. The molecule has 0 radical (unpaired) electrons. The van der Waals surface area contributed by atoms with Gasteiger partial charge in [0.1, 0.15) is 0 Å². The fraction of sp³-hybridized carbons (Fsp3) is 0.231. The van der Waals surface area contributed by atoms with E-state index in [0.717, 1.165) is 0 Å². The molecular weight excluding hydrogens is 266 g/mol. The van der Waals surface area contributed by atoms with Crippen LogP contribution in [0.1, 0.15) is 18.9 Å². The number of ether oxygens (including phenoxy) is 1. The molecule has 0 aliphatic heterocycles. The van der Waals surface area contributed by atoms with Gasteiger partial charge in [-0.05, 0) is 30.7 Å². The minimum atomic E-state index is -1.16. The summed E-state index contributed by atoms with van der Waals surface area (Å²) in [6.45, 7) is 1.75. The molecular formula is C13H13NO6. The summed E-state index contributed by atoms with van der Waals surface area (Å²) in [6, 6.07) is 5.41. The van der Waals surface area contributed by atoms with E-state index in [1.807, 2.05) is 0 Å². The Morgan fingerprint density at radius 3 is 2.40 bits per heavy atom. The van der Waals surface area contributed by atoms with E-state index in [0.29, 0.717) is 5.56 Å². The van der Waals surface area contributed by atoms with Crippen molar-refractivity contribution < 1.29 is 24.4 Å². The van der Waals surface area contributed by atoms with E-state index in [4.69, 9.17) is 9.84 Å². The van der Waals surface area contributed by atoms with E-state index < -0.39 is 23.3 Å². The standard InChI is InChI=1S/C13H13NO6/c1-2-20-13(17)10(8-12(15)16)7-9-3-5-11(6-4-9)14(18)19/h3-7H,2,8H2,1H3,(H,15,16)/b10-7+. The molecule has 0 saturated carbocycles. The largest absolute Gasteiger partial charge is 0.481 e. The Hall–Kier alpha value is -2.70. The average Bonchev–Trinajstić information content (AvgIpc) is 2.38. The van der Waals surface area contributed by atoms with Gasteiger partial charge in [-0.25, -0.2) is 4.79 Å². The van der Waals surface area contributed by atoms with Crippen molar-refractivity contribution in [3.05, 3.63) is 45.5 Å². The number of rotatable bonds is 6. The van der Waals surface area contributed by atoms with E-state index in [9.17, 15) is 19.7 Å². The van der Waals surface area contributed by atoms with Gasteiger partial charge in [-0.1, -0.05) is 0 Å². The Labute approximate surface area is 114 Å². The maximum absolute atomic E-state index is 11.6. The molecule has 0 fully saturated rings. The zero-order chi connectivity index (χ0) is 15.1. The molecule has 0 heterocycles. The number of benzene rings is 1. The molecule has 0 saturated heterocycles. The van der Waals surface area contributed by atoms with Crippen LogP contribution in [0.15, 0.2) is 29.8 Å². The molecule has 0 unspecified atom stereocenters. The lowest BCUT2D eigenvalue weighted by Gasteiger charge is -2.04. The number of non-ortho nitro benzene ring substituents is 1. The summed E-state index contributed by atoms with van der Waals surface area (Å²) in [5.41, 5.74) is 0.381. The predicted octanol–water partition coefficient (Wildman–Crippen LogP) is 2.02. The molecule has 1 rings (SSSR count). The third-order valence-electron chi connectivity index (χ3n) is 2.32. The Morgan fingerprint density at radius 2 is 1.95 bits per heavy atom. The minimum absolute atomic E-state index is 0.0202. The van der Waals surface area contributed by atoms with Crippen molar-refractivity contribution in [2.24, 2.45) is 0 Å². The minimum Gasteiger partial charge on any atom is -0.481 e. The first-order valence-electron chi connectivity index (χ1n) is 5.78. The normalized spacial score (nSPS) is 10.9. The molecule has 7 nitrogen and oxygen atoms in total. The lowest BCUT2D eigenvalue weighted by molar-refractivity contribution is -0.384. The molecule has 0 aromatic heterocycles. The monoisotopic (exact) mass is 279 g/mol. The molecule has 106 valence electrons. The van der Waals surface area contributed by atoms with Crippen molar-refractivity contribution in [1.82, 2.24) is 0 Å². The topological polar surface area (TPSA) is 107 Å². The Balaban J connectivity index is 3.02. The molecule has 1 aromatic rings. The van der Waals surface area contributed by atoms with Crippen LogP contribution in [0.5, 0.6) is 0 Å². The van der Waals surface area contributed by atoms with Crippen LogP contribution < -0.4 is 0 Å². The number of nitro groups is 1. The quantitative estimate of drug-likeness (QED) is 0.369. The lowest BCUT2D eigenvalue weighted by atomic mass is 10.1. The van der Waals surface area contributed by atoms with Gasteiger partial charge in [-0.3, -0.25) is 14.9 Å². The highest BCUT2D eigenvalue weighted by Gasteiger charge is 2.14. The smallest absolute Gasteiger partial charge is 0.334 e. The van der Waals surface area contributed by atoms with Gasteiger partial charge < -0.3 is 9.84 Å². The van der Waals surface area contributed by atoms with Crippen LogP contribution in [0.3, 0.4) is 0 Å². The summed E-state index contributed by atoms with van der Waals surface area (Å²) < 4.78 is 4.76. The lowest BCUT2D eigenvalue weighted by Crippen LogP contribution is -2.11. The molecule has 0 bridgehead atoms. The van der Waals surface area contributed by atoms with Gasteiger partial charge in [0.2, 0.25) is 0 Å². The highest BCUT2D eigenvalue weighted by Crippen LogP contribution is 2.16. The van der Waals surface area contributed by atoms with E-state index >= 15 is 0 Å². The summed E-state index contributed by atoms with van der Waals surface area (Å²) in [6.07, 6.45) is 0.867. The van der Waals surface area contributed by atoms with Crippen molar-refractivity contribution in [1.29, 1.82) is 0 Å². The van der Waals surface area contributed by atoms with Crippen LogP contribution >= 0.6 is 0 Å². The number of carbonyl (C=O) groups is 2. The summed E-state index contributed by atoms with van der Waals surface area (Å²) in [5, 5.41) is 19.3. The number of carbonyl (C=O) groups excluding carboxylic acids is 1. The summed E-state index contributed by atoms with van der Waals surface area (Å²) in [4.78, 5) is 32.3. The summed E-state index contributed by atoms with van der Waals surface area (Å²) in [5.74, 6) is -1.88. The van der Waals surface area contributed by atoms with Gasteiger partial charge in [-0.2, -0.15) is 0 Å². The molecule has 0 aliphatic rings. The van der Waals surface area contributed by atoms with Crippen molar-refractivity contribution in [3.8, 4) is 0 Å². The van der Waals surface area contributed by atoms with E-state index in [-0.39, 0.29) is 17.9 Å². The average molecular weight is 279 g/mol. The zero-order valence-electron chi connectivity index (χ0n) is 10.7. The second-order valence-corrected chi connectivity index (χ2v) is 3.81. The Morgan fingerprint density at radius 1 is 1.35 bits per heavy atom. The molecule has 7 heteroatoms. The van der Waals surface area contributed by atoms with E-state index in [2.05, 4.69) is 0 Å². The van der Waals surface area contributed by atoms with Crippen molar-refractivity contribution in [3.63, 3.8) is 0 Å². The molecule has 1 aromatic carbocycles. The first kappa shape index (κ1) is 15.4. The van der Waals surface area contributed by atoms with Crippen LogP contribution in [0, 0.1) is 10.1 Å².